The number of hydrogen-bond donors (Lipinski definition) is 0. The maximum absolute atomic E-state index is 13.2. The van der Waals surface area contributed by atoms with Crippen LogP contribution in [0, 0.1) is 11.6 Å². The monoisotopic (exact) mass is 339 g/mol. The zero-order chi connectivity index (χ0) is 14.7. The van der Waals surface area contributed by atoms with E-state index in [9.17, 15) is 13.6 Å². The smallest absolute Gasteiger partial charge is 0.255 e. The number of rotatable bonds is 3. The van der Waals surface area contributed by atoms with Crippen LogP contribution in [0.25, 0.3) is 0 Å². The Morgan fingerprint density at radius 2 is 1.85 bits per heavy atom. The normalized spacial score (nSPS) is 10.4. The summed E-state index contributed by atoms with van der Waals surface area (Å²) in [7, 11) is 1.59. The van der Waals surface area contributed by atoms with Gasteiger partial charge < -0.3 is 4.90 Å². The molecule has 5 heteroatoms. The molecule has 0 aliphatic heterocycles. The lowest BCUT2D eigenvalue weighted by atomic mass is 10.1. The molecule has 0 fully saturated rings. The number of hydrogen-bond acceptors (Lipinski definition) is 1. The summed E-state index contributed by atoms with van der Waals surface area (Å²) in [5, 5.41) is 0. The topological polar surface area (TPSA) is 20.3 Å². The minimum absolute atomic E-state index is 0.240. The van der Waals surface area contributed by atoms with Crippen LogP contribution in [-0.4, -0.2) is 17.9 Å². The van der Waals surface area contributed by atoms with E-state index in [1.807, 2.05) is 0 Å². The largest absolute Gasteiger partial charge is 0.337 e. The van der Waals surface area contributed by atoms with Gasteiger partial charge in [-0.05, 0) is 51.8 Å². The molecule has 2 nitrogen and oxygen atoms in total. The van der Waals surface area contributed by atoms with E-state index >= 15 is 0 Å². The molecule has 0 aromatic heterocycles. The van der Waals surface area contributed by atoms with Crippen LogP contribution in [0.5, 0.6) is 0 Å². The maximum Gasteiger partial charge on any atom is 0.255 e. The number of benzene rings is 2. The summed E-state index contributed by atoms with van der Waals surface area (Å²) >= 11 is 3.22. The predicted octanol–water partition coefficient (Wildman–Crippen LogP) is 4.00. The molecule has 0 saturated heterocycles. The van der Waals surface area contributed by atoms with E-state index in [4.69, 9.17) is 0 Å². The van der Waals surface area contributed by atoms with Crippen LogP contribution >= 0.6 is 15.9 Å². The Morgan fingerprint density at radius 3 is 2.55 bits per heavy atom. The van der Waals surface area contributed by atoms with Gasteiger partial charge in [-0.3, -0.25) is 4.79 Å². The molecule has 2 aromatic rings. The minimum atomic E-state index is -0.476. The Labute approximate surface area is 124 Å². The summed E-state index contributed by atoms with van der Waals surface area (Å²) in [5.74, 6) is -1.16. The molecule has 0 aliphatic rings. The van der Waals surface area contributed by atoms with Crippen molar-refractivity contribution in [2.45, 2.75) is 6.54 Å². The summed E-state index contributed by atoms with van der Waals surface area (Å²) in [6, 6.07) is 9.95. The third kappa shape index (κ3) is 3.42. The summed E-state index contributed by atoms with van der Waals surface area (Å²) in [4.78, 5) is 13.7. The average Bonchev–Trinajstić information content (AvgIpc) is 2.40. The lowest BCUT2D eigenvalue weighted by Crippen LogP contribution is -2.26. The molecule has 0 radical (unpaired) electrons. The molecule has 0 spiro atoms. The molecule has 2 rings (SSSR count). The fourth-order valence-electron chi connectivity index (χ4n) is 1.85. The van der Waals surface area contributed by atoms with Crippen LogP contribution in [0.4, 0.5) is 8.78 Å². The van der Waals surface area contributed by atoms with Gasteiger partial charge in [0.2, 0.25) is 0 Å². The van der Waals surface area contributed by atoms with E-state index in [2.05, 4.69) is 15.9 Å². The molecule has 0 heterocycles. The van der Waals surface area contributed by atoms with Crippen molar-refractivity contribution >= 4 is 21.8 Å². The van der Waals surface area contributed by atoms with Crippen molar-refractivity contribution in [1.29, 1.82) is 0 Å². The lowest BCUT2D eigenvalue weighted by molar-refractivity contribution is 0.0783. The van der Waals surface area contributed by atoms with E-state index in [1.165, 1.54) is 35.2 Å². The second-order valence-corrected chi connectivity index (χ2v) is 5.27. The Balaban J connectivity index is 2.18. The first kappa shape index (κ1) is 14.7. The molecule has 0 unspecified atom stereocenters. The van der Waals surface area contributed by atoms with Gasteiger partial charge in [0.1, 0.15) is 11.6 Å². The average molecular weight is 340 g/mol. The number of carbonyl (C=O) groups excluding carboxylic acids is 1. The van der Waals surface area contributed by atoms with Crippen LogP contribution in [0.3, 0.4) is 0 Å². The molecule has 2 aromatic carbocycles. The highest BCUT2D eigenvalue weighted by molar-refractivity contribution is 9.10. The summed E-state index contributed by atoms with van der Waals surface area (Å²) < 4.78 is 26.8. The van der Waals surface area contributed by atoms with Crippen molar-refractivity contribution < 1.29 is 13.6 Å². The van der Waals surface area contributed by atoms with E-state index in [1.54, 1.807) is 19.2 Å². The zero-order valence-electron chi connectivity index (χ0n) is 10.7. The van der Waals surface area contributed by atoms with Crippen molar-refractivity contribution in [2.24, 2.45) is 0 Å². The Bertz CT molecular complexity index is 646. The van der Waals surface area contributed by atoms with Crippen LogP contribution in [0.15, 0.2) is 46.9 Å². The van der Waals surface area contributed by atoms with Gasteiger partial charge >= 0.3 is 0 Å². The van der Waals surface area contributed by atoms with Crippen molar-refractivity contribution in [2.75, 3.05) is 7.05 Å². The van der Waals surface area contributed by atoms with Crippen LogP contribution < -0.4 is 0 Å². The second-order valence-electron chi connectivity index (χ2n) is 4.42. The van der Waals surface area contributed by atoms with Gasteiger partial charge in [0, 0.05) is 18.1 Å². The van der Waals surface area contributed by atoms with Gasteiger partial charge in [-0.2, -0.15) is 0 Å². The highest BCUT2D eigenvalue weighted by Gasteiger charge is 2.16. The van der Waals surface area contributed by atoms with Gasteiger partial charge in [0.25, 0.3) is 5.91 Å². The summed E-state index contributed by atoms with van der Waals surface area (Å²) in [6.07, 6.45) is 0. The number of amides is 1. The predicted molar refractivity (Wildman–Crippen MR) is 76.3 cm³/mol. The van der Waals surface area contributed by atoms with Crippen molar-refractivity contribution in [3.8, 4) is 0 Å². The molecule has 0 bridgehead atoms. The SMILES string of the molecule is CN(Cc1cccc(F)c1)C(=O)c1cc(F)ccc1Br. The first-order valence-electron chi connectivity index (χ1n) is 5.92. The minimum Gasteiger partial charge on any atom is -0.337 e. The maximum atomic E-state index is 13.2. The van der Waals surface area contributed by atoms with Gasteiger partial charge in [-0.1, -0.05) is 12.1 Å². The van der Waals surface area contributed by atoms with E-state index < -0.39 is 5.82 Å². The fourth-order valence-corrected chi connectivity index (χ4v) is 2.26. The first-order valence-corrected chi connectivity index (χ1v) is 6.71. The Kier molecular flexibility index (Phi) is 4.49. The quantitative estimate of drug-likeness (QED) is 0.827. The van der Waals surface area contributed by atoms with Crippen LogP contribution in [0.1, 0.15) is 15.9 Å². The molecule has 0 aliphatic carbocycles. The number of carbonyl (C=O) groups is 1. The van der Waals surface area contributed by atoms with Crippen LogP contribution in [0.2, 0.25) is 0 Å². The summed E-state index contributed by atoms with van der Waals surface area (Å²) in [6.45, 7) is 0.250. The molecule has 0 saturated carbocycles. The van der Waals surface area contributed by atoms with E-state index in [0.717, 1.165) is 0 Å². The third-order valence-electron chi connectivity index (χ3n) is 2.81. The molecule has 0 atom stereocenters. The first-order chi connectivity index (χ1) is 9.47. The van der Waals surface area contributed by atoms with Crippen molar-refractivity contribution in [1.82, 2.24) is 4.90 Å². The Morgan fingerprint density at radius 1 is 1.15 bits per heavy atom. The fraction of sp³-hybridized carbons (Fsp3) is 0.133. The molecular weight excluding hydrogens is 328 g/mol. The van der Waals surface area contributed by atoms with Gasteiger partial charge in [-0.25, -0.2) is 8.78 Å². The van der Waals surface area contributed by atoms with Crippen molar-refractivity contribution in [3.63, 3.8) is 0 Å². The molecule has 104 valence electrons. The highest BCUT2D eigenvalue weighted by atomic mass is 79.9. The standard InChI is InChI=1S/C15H12BrF2NO/c1-19(9-10-3-2-4-11(17)7-10)15(20)13-8-12(18)5-6-14(13)16/h2-8H,9H2,1H3. The number of halogens is 3. The summed E-state index contributed by atoms with van der Waals surface area (Å²) in [5.41, 5.74) is 0.914. The Hall–Kier alpha value is -1.75. The molecule has 1 amide bonds. The molecule has 20 heavy (non-hydrogen) atoms. The van der Waals surface area contributed by atoms with Gasteiger partial charge in [0.15, 0.2) is 0 Å². The highest BCUT2D eigenvalue weighted by Crippen LogP contribution is 2.20. The van der Waals surface area contributed by atoms with E-state index in [0.29, 0.717) is 10.0 Å². The third-order valence-corrected chi connectivity index (χ3v) is 3.51. The van der Waals surface area contributed by atoms with Gasteiger partial charge in [0.05, 0.1) is 5.56 Å². The van der Waals surface area contributed by atoms with E-state index in [-0.39, 0.29) is 23.8 Å². The second kappa shape index (κ2) is 6.13. The molecular formula is C15H12BrF2NO. The van der Waals surface area contributed by atoms with Crippen molar-refractivity contribution in [3.05, 3.63) is 69.7 Å². The molecule has 0 N–H and O–H groups in total. The van der Waals surface area contributed by atoms with Gasteiger partial charge in [-0.15, -0.1) is 0 Å². The number of nitrogens with zero attached hydrogens (tertiary/aromatic N) is 1. The zero-order valence-corrected chi connectivity index (χ0v) is 12.3. The van der Waals surface area contributed by atoms with Crippen LogP contribution in [-0.2, 0) is 6.54 Å². The lowest BCUT2D eigenvalue weighted by Gasteiger charge is -2.18.